The van der Waals surface area contributed by atoms with Crippen LogP contribution in [-0.4, -0.2) is 47.1 Å². The van der Waals surface area contributed by atoms with Crippen LogP contribution < -0.4 is 29.6 Å². The van der Waals surface area contributed by atoms with Crippen molar-refractivity contribution in [3.63, 3.8) is 0 Å². The van der Waals surface area contributed by atoms with Gasteiger partial charge >= 0.3 is 35.5 Å². The molecule has 0 bridgehead atoms. The van der Waals surface area contributed by atoms with E-state index in [2.05, 4.69) is 14.7 Å². The second-order valence-corrected chi connectivity index (χ2v) is 6.45. The second kappa shape index (κ2) is 8.27. The number of fused-ring (bicyclic) bond motifs is 1. The number of imidazole rings is 1. The fraction of sp³-hybridized carbons (Fsp3) is 0.250. The Morgan fingerprint density at radius 1 is 1.39 bits per heavy atom. The minimum Gasteiger partial charge on any atom is -0.744 e. The molecule has 2 rings (SSSR count). The average Bonchev–Trinajstić information content (AvgIpc) is 2.85. The molecule has 0 aliphatic heterocycles. The van der Waals surface area contributed by atoms with Gasteiger partial charge in [-0.2, -0.15) is 0 Å². The van der Waals surface area contributed by atoms with Crippen molar-refractivity contribution in [2.24, 2.45) is 0 Å². The minimum absolute atomic E-state index is 0. The number of esters is 1. The van der Waals surface area contributed by atoms with Crippen LogP contribution in [0.5, 0.6) is 0 Å². The molecule has 0 saturated carbocycles. The number of thioether (sulfide) groups is 1. The predicted molar refractivity (Wildman–Crippen MR) is 76.4 cm³/mol. The Morgan fingerprint density at radius 2 is 2.09 bits per heavy atom. The second-order valence-electron chi connectivity index (χ2n) is 4.11. The number of aromatic nitrogens is 2. The third kappa shape index (κ3) is 5.30. The normalized spacial score (nSPS) is 11.0. The number of H-pyrrole nitrogens is 1. The van der Waals surface area contributed by atoms with Crippen LogP contribution in [0.3, 0.4) is 0 Å². The van der Waals surface area contributed by atoms with Gasteiger partial charge in [-0.25, -0.2) is 18.2 Å². The van der Waals surface area contributed by atoms with Gasteiger partial charge < -0.3 is 14.3 Å². The van der Waals surface area contributed by atoms with E-state index in [4.69, 9.17) is 0 Å². The van der Waals surface area contributed by atoms with Crippen LogP contribution in [0.2, 0.25) is 0 Å². The van der Waals surface area contributed by atoms with Crippen LogP contribution in [0.25, 0.3) is 11.0 Å². The summed E-state index contributed by atoms with van der Waals surface area (Å²) in [5, 5.41) is 0.327. The van der Waals surface area contributed by atoms with Crippen molar-refractivity contribution >= 4 is 44.7 Å². The molecule has 0 aliphatic carbocycles. The van der Waals surface area contributed by atoms with E-state index in [1.165, 1.54) is 12.1 Å². The van der Waals surface area contributed by atoms with E-state index in [0.29, 0.717) is 16.2 Å². The number of rotatable bonds is 6. The monoisotopic (exact) mass is 366 g/mol. The molecule has 0 amide bonds. The number of carbonyl (C=O) groups excluding carboxylic acids is 2. The largest absolute Gasteiger partial charge is 1.00 e. The first-order chi connectivity index (χ1) is 10.3. The van der Waals surface area contributed by atoms with E-state index >= 15 is 0 Å². The molecule has 23 heavy (non-hydrogen) atoms. The maximum absolute atomic E-state index is 11.4. The first-order valence-corrected chi connectivity index (χ1v) is 8.49. The number of hydrogen-bond acceptors (Lipinski definition) is 8. The number of ketones is 1. The van der Waals surface area contributed by atoms with Gasteiger partial charge in [0.2, 0.25) is 5.78 Å². The van der Waals surface area contributed by atoms with Gasteiger partial charge in [-0.3, -0.25) is 4.79 Å². The summed E-state index contributed by atoms with van der Waals surface area (Å²) in [5.74, 6) is -1.77. The van der Waals surface area contributed by atoms with Crippen LogP contribution in [-0.2, 0) is 24.4 Å². The third-order valence-corrected chi connectivity index (χ3v) is 4.27. The molecule has 0 radical (unpaired) electrons. The Hall–Kier alpha value is -0.910. The maximum atomic E-state index is 11.4. The molecule has 0 spiro atoms. The fourth-order valence-electron chi connectivity index (χ4n) is 1.59. The minimum atomic E-state index is -4.55. The van der Waals surface area contributed by atoms with E-state index < -0.39 is 21.9 Å². The maximum Gasteiger partial charge on any atom is 1.00 e. The zero-order valence-electron chi connectivity index (χ0n) is 12.4. The Morgan fingerprint density at radius 3 is 2.70 bits per heavy atom. The zero-order chi connectivity index (χ0) is 16.3. The number of Topliss-reactive ketones (excluding diaryl/α,β-unsaturated/α-hetero) is 1. The number of benzene rings is 1. The van der Waals surface area contributed by atoms with Gasteiger partial charge in [0, 0.05) is 0 Å². The van der Waals surface area contributed by atoms with Gasteiger partial charge in [0.1, 0.15) is 10.1 Å². The molecule has 0 unspecified atom stereocenters. The number of ether oxygens (including phenoxy) is 1. The third-order valence-electron chi connectivity index (χ3n) is 2.56. The molecule has 1 aromatic heterocycles. The molecule has 1 heterocycles. The van der Waals surface area contributed by atoms with Crippen LogP contribution in [0.1, 0.15) is 6.92 Å². The molecular weight excluding hydrogens is 355 g/mol. The SMILES string of the molecule is CCOC(=O)C(=O)CSc1nc2ccc(S(=O)(=O)[O-])cc2[nH]1.[Na+]. The van der Waals surface area contributed by atoms with Crippen molar-refractivity contribution < 1.29 is 56.9 Å². The molecule has 1 aromatic carbocycles. The Labute approximate surface area is 158 Å². The molecule has 11 heteroatoms. The summed E-state index contributed by atoms with van der Waals surface area (Å²) in [4.78, 5) is 29.1. The van der Waals surface area contributed by atoms with Crippen molar-refractivity contribution in [1.82, 2.24) is 9.97 Å². The molecule has 0 fully saturated rings. The number of carbonyl (C=O) groups is 2. The summed E-state index contributed by atoms with van der Waals surface area (Å²) in [7, 11) is -4.55. The number of nitrogens with one attached hydrogen (secondary N) is 1. The van der Waals surface area contributed by atoms with E-state index in [1.54, 1.807) is 6.92 Å². The van der Waals surface area contributed by atoms with Crippen LogP contribution in [0, 0.1) is 0 Å². The quantitative estimate of drug-likeness (QED) is 0.199. The molecule has 118 valence electrons. The van der Waals surface area contributed by atoms with Gasteiger partial charge in [0.15, 0.2) is 5.16 Å². The summed E-state index contributed by atoms with van der Waals surface area (Å²) >= 11 is 0.977. The summed E-state index contributed by atoms with van der Waals surface area (Å²) < 4.78 is 37.4. The van der Waals surface area contributed by atoms with Gasteiger partial charge in [-0.05, 0) is 25.1 Å². The molecule has 8 nitrogen and oxygen atoms in total. The van der Waals surface area contributed by atoms with Crippen molar-refractivity contribution in [3.05, 3.63) is 18.2 Å². The van der Waals surface area contributed by atoms with Gasteiger partial charge in [-0.15, -0.1) is 0 Å². The molecule has 0 aliphatic rings. The van der Waals surface area contributed by atoms with Crippen LogP contribution in [0.15, 0.2) is 28.3 Å². The topological polar surface area (TPSA) is 129 Å². The van der Waals surface area contributed by atoms with Crippen molar-refractivity contribution in [3.8, 4) is 0 Å². The Kier molecular flexibility index (Phi) is 7.24. The van der Waals surface area contributed by atoms with E-state index in [-0.39, 0.29) is 46.8 Å². The van der Waals surface area contributed by atoms with E-state index in [1.807, 2.05) is 0 Å². The summed E-state index contributed by atoms with van der Waals surface area (Å²) in [6, 6.07) is 3.71. The van der Waals surface area contributed by atoms with E-state index in [0.717, 1.165) is 17.8 Å². The molecule has 2 aromatic rings. The van der Waals surface area contributed by atoms with Gasteiger partial charge in [0.05, 0.1) is 28.3 Å². The van der Waals surface area contributed by atoms with Crippen LogP contribution >= 0.6 is 11.8 Å². The molecule has 1 N–H and O–H groups in total. The number of hydrogen-bond donors (Lipinski definition) is 1. The molecule has 0 saturated heterocycles. The van der Waals surface area contributed by atoms with Gasteiger partial charge in [0.25, 0.3) is 0 Å². The first kappa shape index (κ1) is 20.1. The zero-order valence-corrected chi connectivity index (χ0v) is 16.0. The Bertz CT molecular complexity index is 833. The van der Waals surface area contributed by atoms with Crippen molar-refractivity contribution in [2.45, 2.75) is 17.0 Å². The standard InChI is InChI=1S/C12H12N2O6S2.Na/c1-2-20-11(16)10(15)6-21-12-13-8-4-3-7(22(17,18)19)5-9(8)14-12;/h3-5H,2,6H2,1H3,(H,13,14)(H,17,18,19);/q;+1/p-1. The fourth-order valence-corrected chi connectivity index (χ4v) is 2.82. The summed E-state index contributed by atoms with van der Waals surface area (Å²) in [6.45, 7) is 1.71. The molecule has 0 atom stereocenters. The molecular formula is C12H11N2NaO6S2. The smallest absolute Gasteiger partial charge is 0.744 e. The van der Waals surface area contributed by atoms with Gasteiger partial charge in [-0.1, -0.05) is 11.8 Å². The first-order valence-electron chi connectivity index (χ1n) is 6.09. The average molecular weight is 366 g/mol. The number of nitrogens with zero attached hydrogens (tertiary/aromatic N) is 1. The number of aromatic amines is 1. The summed E-state index contributed by atoms with van der Waals surface area (Å²) in [6.07, 6.45) is 0. The Balaban J connectivity index is 0.00000264. The van der Waals surface area contributed by atoms with Crippen molar-refractivity contribution in [1.29, 1.82) is 0 Å². The van der Waals surface area contributed by atoms with Crippen molar-refractivity contribution in [2.75, 3.05) is 12.4 Å². The van der Waals surface area contributed by atoms with E-state index in [9.17, 15) is 22.6 Å². The van der Waals surface area contributed by atoms with Crippen LogP contribution in [0.4, 0.5) is 0 Å². The summed E-state index contributed by atoms with van der Waals surface area (Å²) in [5.41, 5.74) is 0.793. The predicted octanol–water partition coefficient (Wildman–Crippen LogP) is -2.30.